The van der Waals surface area contributed by atoms with Crippen molar-refractivity contribution in [3.05, 3.63) is 91.8 Å². The zero-order valence-electron chi connectivity index (χ0n) is 24.4. The van der Waals surface area contributed by atoms with E-state index in [0.717, 1.165) is 50.6 Å². The first-order chi connectivity index (χ1) is 19.5. The molecule has 7 nitrogen and oxygen atoms in total. The number of hydrogen-bond donors (Lipinski definition) is 0. The third-order valence-electron chi connectivity index (χ3n) is 6.81. The number of methoxy groups -OCH3 is 2. The third kappa shape index (κ3) is 9.76. The molecule has 0 aliphatic carbocycles. The van der Waals surface area contributed by atoms with E-state index in [1.165, 1.54) is 21.1 Å². The van der Waals surface area contributed by atoms with Crippen LogP contribution in [0, 0.1) is 13.8 Å². The fourth-order valence-corrected chi connectivity index (χ4v) is 6.32. The van der Waals surface area contributed by atoms with E-state index in [9.17, 15) is 4.79 Å². The number of halogens is 2. The van der Waals surface area contributed by atoms with Crippen molar-refractivity contribution >= 4 is 28.5 Å². The van der Waals surface area contributed by atoms with Crippen LogP contribution >= 0.6 is 22.7 Å². The van der Waals surface area contributed by atoms with Crippen molar-refractivity contribution in [1.29, 1.82) is 0 Å². The monoisotopic (exact) mass is 652 g/mol. The lowest BCUT2D eigenvalue weighted by molar-refractivity contribution is -0.699. The molecule has 228 valence electrons. The number of hydrogen-bond acceptors (Lipinski definition) is 7. The lowest BCUT2D eigenvalue weighted by Gasteiger charge is -2.07. The summed E-state index contributed by atoms with van der Waals surface area (Å²) in [5.41, 5.74) is 8.02. The highest BCUT2D eigenvalue weighted by molar-refractivity contribution is 7.09. The van der Waals surface area contributed by atoms with E-state index in [1.54, 1.807) is 36.9 Å². The van der Waals surface area contributed by atoms with Crippen LogP contribution in [0.3, 0.4) is 0 Å². The van der Waals surface area contributed by atoms with E-state index in [1.807, 2.05) is 48.5 Å². The van der Waals surface area contributed by atoms with Crippen molar-refractivity contribution in [1.82, 2.24) is 0 Å². The summed E-state index contributed by atoms with van der Waals surface area (Å²) in [6.07, 6.45) is 1.86. The van der Waals surface area contributed by atoms with E-state index in [4.69, 9.17) is 18.9 Å². The molecule has 0 atom stereocenters. The Bertz CT molecular complexity index is 1270. The minimum atomic E-state index is -0.0285. The Morgan fingerprint density at radius 2 is 1.02 bits per heavy atom. The second kappa shape index (κ2) is 18.2. The van der Waals surface area contributed by atoms with Crippen LogP contribution in [-0.2, 0) is 35.4 Å². The molecule has 0 saturated heterocycles. The van der Waals surface area contributed by atoms with Crippen LogP contribution in [0.1, 0.15) is 37.1 Å². The van der Waals surface area contributed by atoms with Gasteiger partial charge in [0.1, 0.15) is 24.7 Å². The number of rotatable bonds is 16. The van der Waals surface area contributed by atoms with Gasteiger partial charge in [0.15, 0.2) is 30.3 Å². The zero-order chi connectivity index (χ0) is 28.3. The second-order valence-corrected chi connectivity index (χ2v) is 11.3. The summed E-state index contributed by atoms with van der Waals surface area (Å²) in [4.78, 5) is 15.7. The molecule has 0 radical (unpaired) electrons. The first-order valence-electron chi connectivity index (χ1n) is 13.4. The number of carbonyl (C=O) groups excluding carboxylic acids is 1. The van der Waals surface area contributed by atoms with Crippen molar-refractivity contribution in [2.45, 2.75) is 39.8 Å². The van der Waals surface area contributed by atoms with Gasteiger partial charge in [-0.05, 0) is 48.5 Å². The maximum Gasteiger partial charge on any atom is 0.225 e. The van der Waals surface area contributed by atoms with Gasteiger partial charge in [0.2, 0.25) is 11.0 Å². The van der Waals surface area contributed by atoms with Crippen LogP contribution in [-0.4, -0.2) is 46.4 Å². The summed E-state index contributed by atoms with van der Waals surface area (Å²) >= 11 is 3.50. The van der Waals surface area contributed by atoms with Gasteiger partial charge in [-0.15, -0.1) is 0 Å². The van der Waals surface area contributed by atoms with Crippen LogP contribution in [0.5, 0.6) is 11.5 Å². The van der Waals surface area contributed by atoms with Crippen molar-refractivity contribution in [2.24, 2.45) is 0 Å². The lowest BCUT2D eigenvalue weighted by atomic mass is 10.0. The topological polar surface area (TPSA) is 61.8 Å². The van der Waals surface area contributed by atoms with Gasteiger partial charge in [0, 0.05) is 52.0 Å². The van der Waals surface area contributed by atoms with Crippen LogP contribution < -0.4 is 43.4 Å². The Balaban J connectivity index is 0.00000308. The molecule has 0 bridgehead atoms. The zero-order valence-corrected chi connectivity index (χ0v) is 27.6. The van der Waals surface area contributed by atoms with Gasteiger partial charge in [-0.2, -0.15) is 9.13 Å². The molecule has 42 heavy (non-hydrogen) atoms. The maximum absolute atomic E-state index is 13.0. The summed E-state index contributed by atoms with van der Waals surface area (Å²) < 4.78 is 26.7. The lowest BCUT2D eigenvalue weighted by Crippen LogP contribution is -3.00. The highest BCUT2D eigenvalue weighted by atomic mass is 35.5. The predicted molar refractivity (Wildman–Crippen MR) is 157 cm³/mol. The highest BCUT2D eigenvalue weighted by Gasteiger charge is 2.16. The minimum Gasteiger partial charge on any atom is -1.00 e. The Labute approximate surface area is 268 Å². The molecule has 0 aliphatic heterocycles. The van der Waals surface area contributed by atoms with E-state index in [-0.39, 0.29) is 30.6 Å². The Hall–Kier alpha value is -2.53. The van der Waals surface area contributed by atoms with Gasteiger partial charge in [0.05, 0.1) is 23.0 Å². The first kappa shape index (κ1) is 35.7. The molecule has 2 heterocycles. The predicted octanol–water partition coefficient (Wildman–Crippen LogP) is -1.22. The third-order valence-corrected chi connectivity index (χ3v) is 9.10. The molecular weight excluding hydrogens is 615 g/mol. The molecule has 4 aromatic rings. The summed E-state index contributed by atoms with van der Waals surface area (Å²) in [6, 6.07) is 14.7. The summed E-state index contributed by atoms with van der Waals surface area (Å²) in [5, 5.41) is 0. The average molecular weight is 654 g/mol. The largest absolute Gasteiger partial charge is 1.00 e. The normalized spacial score (nSPS) is 10.6. The molecule has 0 saturated carbocycles. The molecule has 0 N–H and O–H groups in total. The molecule has 0 aliphatic rings. The van der Waals surface area contributed by atoms with E-state index >= 15 is 0 Å². The molecular formula is C31H38Cl2N2O5S2. The van der Waals surface area contributed by atoms with Crippen LogP contribution in [0.4, 0.5) is 0 Å². The maximum atomic E-state index is 13.0. The van der Waals surface area contributed by atoms with Crippen molar-refractivity contribution < 1.29 is 57.7 Å². The van der Waals surface area contributed by atoms with Gasteiger partial charge in [0.25, 0.3) is 0 Å². The molecule has 0 amide bonds. The summed E-state index contributed by atoms with van der Waals surface area (Å²) in [7, 11) is 3.45. The first-order valence-corrected chi connectivity index (χ1v) is 15.2. The summed E-state index contributed by atoms with van der Waals surface area (Å²) in [5.74, 6) is 1.47. The van der Waals surface area contributed by atoms with E-state index in [2.05, 4.69) is 34.0 Å². The number of thiazole rings is 2. The van der Waals surface area contributed by atoms with Crippen LogP contribution in [0.25, 0.3) is 0 Å². The fraction of sp³-hybridized carbons (Fsp3) is 0.387. The number of aromatic nitrogens is 2. The van der Waals surface area contributed by atoms with Crippen molar-refractivity contribution in [3.8, 4) is 11.5 Å². The van der Waals surface area contributed by atoms with E-state index < -0.39 is 0 Å². The SMILES string of the molecule is COCCc1sc[n+](CCOc2ccc(C(=O)c3ccc(OCC[n+]4csc(CCOC)c4C)cc3)cc2)c1C.[Cl-].[Cl-]. The Kier molecular flexibility index (Phi) is 15.5. The quantitative estimate of drug-likeness (QED) is 0.112. The standard InChI is InChI=1S/C31H38N2O5S2.2ClH/c1-23-29(13-17-35-3)39-21-32(23)15-19-37-27-9-5-25(6-10-27)31(34)26-7-11-28(12-8-26)38-20-16-33-22-40-30(24(33)2)14-18-36-4;;/h5-12,21-22H,13-20H2,1-4H3;2*1H/q+2;;/p-2. The minimum absolute atomic E-state index is 0. The van der Waals surface area contributed by atoms with Gasteiger partial charge in [-0.25, -0.2) is 0 Å². The number of benzene rings is 2. The average Bonchev–Trinajstić information content (AvgIpc) is 3.51. The highest BCUT2D eigenvalue weighted by Crippen LogP contribution is 2.19. The smallest absolute Gasteiger partial charge is 0.225 e. The number of nitrogens with zero attached hydrogens (tertiary/aromatic N) is 2. The fourth-order valence-electron chi connectivity index (χ4n) is 4.31. The number of ether oxygens (including phenoxy) is 4. The van der Waals surface area contributed by atoms with Gasteiger partial charge in [-0.3, -0.25) is 4.79 Å². The molecule has 2 aromatic carbocycles. The molecule has 11 heteroatoms. The molecule has 2 aromatic heterocycles. The Morgan fingerprint density at radius 1 is 0.643 bits per heavy atom. The van der Waals surface area contributed by atoms with Gasteiger partial charge < -0.3 is 43.8 Å². The molecule has 0 spiro atoms. The van der Waals surface area contributed by atoms with Crippen LogP contribution in [0.2, 0.25) is 0 Å². The van der Waals surface area contributed by atoms with Gasteiger partial charge in [-0.1, -0.05) is 22.7 Å². The van der Waals surface area contributed by atoms with Crippen molar-refractivity contribution in [3.63, 3.8) is 0 Å². The molecule has 4 rings (SSSR count). The van der Waals surface area contributed by atoms with Crippen molar-refractivity contribution in [2.75, 3.05) is 40.6 Å². The van der Waals surface area contributed by atoms with Crippen LogP contribution in [0.15, 0.2) is 59.6 Å². The van der Waals surface area contributed by atoms with Gasteiger partial charge >= 0.3 is 0 Å². The number of ketones is 1. The van der Waals surface area contributed by atoms with E-state index in [0.29, 0.717) is 24.3 Å². The molecule has 0 unspecified atom stereocenters. The Morgan fingerprint density at radius 3 is 1.38 bits per heavy atom. The number of carbonyl (C=O) groups is 1. The second-order valence-electron chi connectivity index (χ2n) is 9.41. The summed E-state index contributed by atoms with van der Waals surface area (Å²) in [6.45, 7) is 8.37. The molecule has 0 fully saturated rings.